The lowest BCUT2D eigenvalue weighted by atomic mass is 9.95. The van der Waals surface area contributed by atoms with Gasteiger partial charge in [0, 0.05) is 19.1 Å². The fourth-order valence-corrected chi connectivity index (χ4v) is 4.51. The first kappa shape index (κ1) is 22.4. The molecule has 3 heterocycles. The van der Waals surface area contributed by atoms with Crippen molar-refractivity contribution in [2.75, 3.05) is 26.2 Å². The molecule has 3 saturated heterocycles. The van der Waals surface area contributed by atoms with Crippen LogP contribution in [0.15, 0.2) is 30.3 Å². The van der Waals surface area contributed by atoms with Gasteiger partial charge in [0.05, 0.1) is 13.2 Å². The first-order chi connectivity index (χ1) is 14.8. The molecule has 0 saturated carbocycles. The van der Waals surface area contributed by atoms with Crippen LogP contribution >= 0.6 is 0 Å². The third-order valence-electron chi connectivity index (χ3n) is 6.03. The second-order valence-electron chi connectivity index (χ2n) is 8.98. The number of alkyl carbamates (subject to hydrolysis) is 1. The number of benzene rings is 1. The molecule has 3 fully saturated rings. The zero-order valence-corrected chi connectivity index (χ0v) is 18.0. The number of aliphatic hydroxyl groups is 2. The molecule has 0 unspecified atom stereocenters. The fourth-order valence-electron chi connectivity index (χ4n) is 4.51. The molecule has 9 nitrogen and oxygen atoms in total. The van der Waals surface area contributed by atoms with Crippen LogP contribution in [-0.4, -0.2) is 83.4 Å². The lowest BCUT2D eigenvalue weighted by Crippen LogP contribution is -2.64. The summed E-state index contributed by atoms with van der Waals surface area (Å²) in [6.45, 7) is 5.64. The molecule has 3 aliphatic heterocycles. The predicted octanol–water partition coefficient (Wildman–Crippen LogP) is 0.977. The number of rotatable bonds is 5. The lowest BCUT2D eigenvalue weighted by Gasteiger charge is -2.44. The number of ether oxygens (including phenoxy) is 4. The van der Waals surface area contributed by atoms with Crippen LogP contribution in [0.5, 0.6) is 0 Å². The Hall–Kier alpha value is -1.75. The number of hydrogen-bond acceptors (Lipinski definition) is 8. The maximum absolute atomic E-state index is 12.1. The summed E-state index contributed by atoms with van der Waals surface area (Å²) in [4.78, 5) is 14.3. The summed E-state index contributed by atoms with van der Waals surface area (Å²) in [5.41, 5.74) is 0.947. The van der Waals surface area contributed by atoms with Crippen LogP contribution in [0.3, 0.4) is 0 Å². The van der Waals surface area contributed by atoms with Crippen LogP contribution in [-0.2, 0) is 25.6 Å². The molecule has 172 valence electrons. The number of aliphatic hydroxyl groups excluding tert-OH is 2. The van der Waals surface area contributed by atoms with E-state index < -0.39 is 36.0 Å². The van der Waals surface area contributed by atoms with E-state index in [1.807, 2.05) is 30.3 Å². The van der Waals surface area contributed by atoms with Crippen molar-refractivity contribution in [2.24, 2.45) is 0 Å². The van der Waals surface area contributed by atoms with Gasteiger partial charge < -0.3 is 34.5 Å². The van der Waals surface area contributed by atoms with E-state index in [2.05, 4.69) is 10.2 Å². The van der Waals surface area contributed by atoms with E-state index in [-0.39, 0.29) is 19.3 Å². The van der Waals surface area contributed by atoms with Gasteiger partial charge in [-0.2, -0.15) is 0 Å². The molecule has 4 atom stereocenters. The minimum Gasteiger partial charge on any atom is -0.445 e. The molecule has 0 bridgehead atoms. The molecule has 9 heteroatoms. The Kier molecular flexibility index (Phi) is 6.52. The number of piperidine rings is 1. The number of nitrogens with one attached hydrogen (secondary N) is 1. The molecule has 0 aromatic heterocycles. The molecule has 3 N–H and O–H groups in total. The molecular formula is C22H32N2O7. The summed E-state index contributed by atoms with van der Waals surface area (Å²) in [5, 5.41) is 23.3. The van der Waals surface area contributed by atoms with Crippen LogP contribution in [0.4, 0.5) is 4.79 Å². The average Bonchev–Trinajstić information content (AvgIpc) is 3.03. The number of nitrogens with zero attached hydrogens (tertiary/aromatic N) is 1. The summed E-state index contributed by atoms with van der Waals surface area (Å²) in [5.74, 6) is -2.05. The molecule has 31 heavy (non-hydrogen) atoms. The van der Waals surface area contributed by atoms with Crippen LogP contribution in [0, 0.1) is 0 Å². The van der Waals surface area contributed by atoms with E-state index in [9.17, 15) is 15.0 Å². The highest BCUT2D eigenvalue weighted by Gasteiger charge is 2.61. The van der Waals surface area contributed by atoms with Gasteiger partial charge in [0.2, 0.25) is 5.79 Å². The molecule has 1 aromatic rings. The van der Waals surface area contributed by atoms with Gasteiger partial charge in [0.25, 0.3) is 0 Å². The molecule has 0 radical (unpaired) electrons. The average molecular weight is 437 g/mol. The van der Waals surface area contributed by atoms with Gasteiger partial charge in [-0.3, -0.25) is 4.90 Å². The van der Waals surface area contributed by atoms with E-state index >= 15 is 0 Å². The molecule has 3 aliphatic rings. The first-order valence-corrected chi connectivity index (χ1v) is 10.8. The highest BCUT2D eigenvalue weighted by molar-refractivity contribution is 5.67. The van der Waals surface area contributed by atoms with Crippen molar-refractivity contribution >= 4 is 6.09 Å². The highest BCUT2D eigenvalue weighted by Crippen LogP contribution is 2.43. The lowest BCUT2D eigenvalue weighted by molar-refractivity contribution is -0.297. The zero-order chi connectivity index (χ0) is 22.1. The third-order valence-corrected chi connectivity index (χ3v) is 6.03. The summed E-state index contributed by atoms with van der Waals surface area (Å²) in [6.07, 6.45) is -1.74. The van der Waals surface area contributed by atoms with Gasteiger partial charge in [-0.1, -0.05) is 30.3 Å². The van der Waals surface area contributed by atoms with Crippen LogP contribution in [0.25, 0.3) is 0 Å². The second kappa shape index (κ2) is 9.01. The van der Waals surface area contributed by atoms with E-state index in [4.69, 9.17) is 18.9 Å². The first-order valence-electron chi connectivity index (χ1n) is 10.8. The maximum atomic E-state index is 12.1. The number of hydrogen-bond donors (Lipinski definition) is 3. The second-order valence-corrected chi connectivity index (χ2v) is 8.98. The number of carbonyl (C=O) groups is 1. The number of fused-ring (bicyclic) bond motifs is 1. The van der Waals surface area contributed by atoms with E-state index in [1.165, 1.54) is 0 Å². The topological polar surface area (TPSA) is 110 Å². The van der Waals surface area contributed by atoms with Gasteiger partial charge in [0.1, 0.15) is 24.9 Å². The SMILES string of the molecule is CC1(C)O[C@H]2[C@H](O)[C@H](O)CO[C@@]2(CN2CCC(NC(=O)OCc3ccccc3)CC2)O1. The largest absolute Gasteiger partial charge is 0.445 e. The molecule has 4 rings (SSSR count). The Morgan fingerprint density at radius 1 is 1.23 bits per heavy atom. The molecule has 0 aliphatic carbocycles. The van der Waals surface area contributed by atoms with Gasteiger partial charge in [-0.05, 0) is 32.3 Å². The Morgan fingerprint density at radius 2 is 1.94 bits per heavy atom. The van der Waals surface area contributed by atoms with Crippen molar-refractivity contribution in [2.45, 2.75) is 69.2 Å². The Morgan fingerprint density at radius 3 is 2.65 bits per heavy atom. The van der Waals surface area contributed by atoms with Crippen molar-refractivity contribution in [1.29, 1.82) is 0 Å². The normalized spacial score (nSPS) is 33.6. The number of likely N-dealkylation sites (tertiary alicyclic amines) is 1. The van der Waals surface area contributed by atoms with Gasteiger partial charge in [-0.25, -0.2) is 4.79 Å². The monoisotopic (exact) mass is 436 g/mol. The summed E-state index contributed by atoms with van der Waals surface area (Å²) >= 11 is 0. The van der Waals surface area contributed by atoms with Crippen LogP contribution < -0.4 is 5.32 Å². The van der Waals surface area contributed by atoms with Crippen molar-refractivity contribution < 1.29 is 34.0 Å². The smallest absolute Gasteiger partial charge is 0.407 e. The molecule has 1 aromatic carbocycles. The third kappa shape index (κ3) is 5.19. The van der Waals surface area contributed by atoms with Gasteiger partial charge >= 0.3 is 6.09 Å². The van der Waals surface area contributed by atoms with Crippen LogP contribution in [0.1, 0.15) is 32.3 Å². The van der Waals surface area contributed by atoms with Crippen LogP contribution in [0.2, 0.25) is 0 Å². The fraction of sp³-hybridized carbons (Fsp3) is 0.682. The Bertz CT molecular complexity index is 753. The molecular weight excluding hydrogens is 404 g/mol. The van der Waals surface area contributed by atoms with Crippen molar-refractivity contribution in [3.05, 3.63) is 35.9 Å². The zero-order valence-electron chi connectivity index (χ0n) is 18.0. The summed E-state index contributed by atoms with van der Waals surface area (Å²) in [6, 6.07) is 9.60. The standard InChI is InChI=1S/C22H32N2O7/c1-21(2)30-19-18(26)17(25)13-29-22(19,31-21)14-24-10-8-16(9-11-24)23-20(27)28-12-15-6-4-3-5-7-15/h3-7,16-19,25-26H,8-14H2,1-2H3,(H,23,27)/t17-,18-,19+,22+/m1/s1. The van der Waals surface area contributed by atoms with Crippen molar-refractivity contribution in [1.82, 2.24) is 10.2 Å². The minimum absolute atomic E-state index is 0.0115. The van der Waals surface area contributed by atoms with E-state index in [0.29, 0.717) is 6.54 Å². The number of amides is 1. The summed E-state index contributed by atoms with van der Waals surface area (Å²) in [7, 11) is 0. The van der Waals surface area contributed by atoms with Gasteiger partial charge in [0.15, 0.2) is 5.79 Å². The molecule has 0 spiro atoms. The van der Waals surface area contributed by atoms with E-state index in [1.54, 1.807) is 13.8 Å². The predicted molar refractivity (Wildman–Crippen MR) is 110 cm³/mol. The quantitative estimate of drug-likeness (QED) is 0.627. The van der Waals surface area contributed by atoms with Crippen molar-refractivity contribution in [3.63, 3.8) is 0 Å². The van der Waals surface area contributed by atoms with E-state index in [0.717, 1.165) is 31.5 Å². The maximum Gasteiger partial charge on any atom is 0.407 e. The van der Waals surface area contributed by atoms with Gasteiger partial charge in [-0.15, -0.1) is 0 Å². The highest BCUT2D eigenvalue weighted by atomic mass is 16.8. The summed E-state index contributed by atoms with van der Waals surface area (Å²) < 4.78 is 23.1. The molecule has 1 amide bonds. The number of carbonyl (C=O) groups excluding carboxylic acids is 1. The van der Waals surface area contributed by atoms with Crippen molar-refractivity contribution in [3.8, 4) is 0 Å². The Balaban J connectivity index is 1.26. The Labute approximate surface area is 182 Å². The minimum atomic E-state index is -1.13.